The van der Waals surface area contributed by atoms with Gasteiger partial charge in [-0.2, -0.15) is 0 Å². The largest absolute Gasteiger partial charge is 0.486 e. The summed E-state index contributed by atoms with van der Waals surface area (Å²) in [5.74, 6) is 0.774. The molecule has 0 atom stereocenters. The van der Waals surface area contributed by atoms with Crippen LogP contribution in [0.25, 0.3) is 21.9 Å². The third-order valence-corrected chi connectivity index (χ3v) is 5.10. The number of rotatable bonds is 7. The van der Waals surface area contributed by atoms with Crippen molar-refractivity contribution in [3.05, 3.63) is 75.6 Å². The molecule has 30 heavy (non-hydrogen) atoms. The van der Waals surface area contributed by atoms with E-state index >= 15 is 0 Å². The lowest BCUT2D eigenvalue weighted by Crippen LogP contribution is -2.14. The van der Waals surface area contributed by atoms with Gasteiger partial charge in [-0.05, 0) is 63.2 Å². The molecule has 0 unspecified atom stereocenters. The molecule has 4 rings (SSSR count). The minimum Gasteiger partial charge on any atom is -0.486 e. The number of hydrogen-bond acceptors (Lipinski definition) is 5. The third-order valence-electron chi connectivity index (χ3n) is 5.10. The second-order valence-electron chi connectivity index (χ2n) is 7.71. The van der Waals surface area contributed by atoms with Gasteiger partial charge in [0.2, 0.25) is 5.75 Å². The average Bonchev–Trinajstić information content (AvgIpc) is 3.18. The van der Waals surface area contributed by atoms with E-state index in [4.69, 9.17) is 13.6 Å². The molecule has 0 saturated heterocycles. The van der Waals surface area contributed by atoms with Gasteiger partial charge in [0.1, 0.15) is 11.6 Å². The van der Waals surface area contributed by atoms with Crippen LogP contribution in [0.3, 0.4) is 0 Å². The van der Waals surface area contributed by atoms with E-state index in [1.165, 1.54) is 12.1 Å². The van der Waals surface area contributed by atoms with E-state index < -0.39 is 0 Å². The van der Waals surface area contributed by atoms with E-state index in [1.54, 1.807) is 24.5 Å². The maximum absolute atomic E-state index is 13.1. The van der Waals surface area contributed by atoms with Crippen molar-refractivity contribution in [1.29, 1.82) is 0 Å². The van der Waals surface area contributed by atoms with Crippen molar-refractivity contribution in [2.45, 2.75) is 26.3 Å². The van der Waals surface area contributed by atoms with Crippen LogP contribution in [0, 0.1) is 12.7 Å². The molecule has 0 saturated carbocycles. The highest BCUT2D eigenvalue weighted by molar-refractivity contribution is 6.03. The minimum absolute atomic E-state index is 0.0927. The number of benzene rings is 2. The Balaban J connectivity index is 1.68. The molecule has 2 aromatic carbocycles. The van der Waals surface area contributed by atoms with Crippen molar-refractivity contribution in [3.63, 3.8) is 0 Å². The van der Waals surface area contributed by atoms with E-state index in [2.05, 4.69) is 0 Å². The highest BCUT2D eigenvalue weighted by Gasteiger charge is 2.20. The van der Waals surface area contributed by atoms with Gasteiger partial charge < -0.3 is 18.5 Å². The number of furan rings is 1. The van der Waals surface area contributed by atoms with Gasteiger partial charge in [0.25, 0.3) is 0 Å². The lowest BCUT2D eigenvalue weighted by atomic mass is 10.0. The summed E-state index contributed by atoms with van der Waals surface area (Å²) >= 11 is 0. The van der Waals surface area contributed by atoms with Crippen LogP contribution in [0.5, 0.6) is 5.75 Å². The topological polar surface area (TPSA) is 55.8 Å². The lowest BCUT2D eigenvalue weighted by molar-refractivity contribution is 0.304. The minimum atomic E-state index is -0.245. The Morgan fingerprint density at radius 1 is 1.10 bits per heavy atom. The Hall–Kier alpha value is -3.12. The van der Waals surface area contributed by atoms with Gasteiger partial charge in [-0.25, -0.2) is 4.39 Å². The Labute approximate surface area is 173 Å². The zero-order valence-electron chi connectivity index (χ0n) is 17.3. The molecule has 2 aromatic heterocycles. The molecule has 0 aliphatic rings. The van der Waals surface area contributed by atoms with Gasteiger partial charge in [0.05, 0.1) is 24.8 Å². The number of aryl methyl sites for hydroxylation is 2. The molecule has 0 amide bonds. The highest BCUT2D eigenvalue weighted by atomic mass is 19.1. The normalized spacial score (nSPS) is 11.6. The third kappa shape index (κ3) is 3.96. The monoisotopic (exact) mass is 409 g/mol. The predicted molar refractivity (Wildman–Crippen MR) is 115 cm³/mol. The van der Waals surface area contributed by atoms with E-state index in [-0.39, 0.29) is 11.2 Å². The second-order valence-corrected chi connectivity index (χ2v) is 7.71. The van der Waals surface area contributed by atoms with Crippen molar-refractivity contribution in [3.8, 4) is 5.75 Å². The smallest absolute Gasteiger partial charge is 0.206 e. The van der Waals surface area contributed by atoms with Gasteiger partial charge in [-0.1, -0.05) is 12.1 Å². The van der Waals surface area contributed by atoms with Gasteiger partial charge in [-0.3, -0.25) is 4.79 Å². The summed E-state index contributed by atoms with van der Waals surface area (Å²) in [5, 5.41) is 1.35. The van der Waals surface area contributed by atoms with Crippen LogP contribution in [0.4, 0.5) is 4.39 Å². The summed E-state index contributed by atoms with van der Waals surface area (Å²) in [6.45, 7) is 2.80. The average molecular weight is 409 g/mol. The number of ether oxygens (including phenoxy) is 1. The Kier molecular flexibility index (Phi) is 5.59. The molecule has 0 aliphatic heterocycles. The molecule has 2 heterocycles. The quantitative estimate of drug-likeness (QED) is 0.399. The molecular weight excluding hydrogens is 385 g/mol. The lowest BCUT2D eigenvalue weighted by Gasteiger charge is -2.14. The summed E-state index contributed by atoms with van der Waals surface area (Å²) in [5.41, 5.74) is 2.76. The molecule has 156 valence electrons. The molecule has 4 aromatic rings. The first-order chi connectivity index (χ1) is 14.4. The number of nitrogens with zero attached hydrogens (tertiary/aromatic N) is 1. The summed E-state index contributed by atoms with van der Waals surface area (Å²) in [6.07, 6.45) is 3.07. The molecule has 0 aliphatic carbocycles. The number of hydrogen-bond donors (Lipinski definition) is 0. The van der Waals surface area contributed by atoms with E-state index in [0.717, 1.165) is 29.4 Å². The van der Waals surface area contributed by atoms with Crippen molar-refractivity contribution < 1.29 is 18.0 Å². The van der Waals surface area contributed by atoms with E-state index in [1.807, 2.05) is 32.0 Å². The standard InChI is InChI=1S/C24H24FNO4/c1-15-19-10-12-29-22(19)24(28-11-4-5-16-6-8-17(25)9-7-16)23-21(15)20(27)13-18(30-23)14-26(2)3/h6-10,12-13H,4-5,11,14H2,1-3H3. The fourth-order valence-electron chi connectivity index (χ4n) is 3.70. The molecule has 6 heteroatoms. The zero-order chi connectivity index (χ0) is 21.3. The Morgan fingerprint density at radius 2 is 1.87 bits per heavy atom. The van der Waals surface area contributed by atoms with E-state index in [0.29, 0.717) is 41.2 Å². The maximum atomic E-state index is 13.1. The van der Waals surface area contributed by atoms with Gasteiger partial charge in [0.15, 0.2) is 16.6 Å². The molecule has 0 spiro atoms. The summed E-state index contributed by atoms with van der Waals surface area (Å²) in [7, 11) is 3.83. The highest BCUT2D eigenvalue weighted by Crippen LogP contribution is 2.38. The molecule has 0 radical (unpaired) electrons. The van der Waals surface area contributed by atoms with Crippen LogP contribution in [-0.2, 0) is 13.0 Å². The van der Waals surface area contributed by atoms with Crippen molar-refractivity contribution in [2.24, 2.45) is 0 Å². The predicted octanol–water partition coefficient (Wildman–Crippen LogP) is 5.06. The summed E-state index contributed by atoms with van der Waals surface area (Å²) in [4.78, 5) is 14.8. The van der Waals surface area contributed by atoms with Crippen LogP contribution in [-0.4, -0.2) is 25.6 Å². The van der Waals surface area contributed by atoms with Crippen LogP contribution < -0.4 is 10.2 Å². The van der Waals surface area contributed by atoms with Crippen LogP contribution >= 0.6 is 0 Å². The molecule has 0 fully saturated rings. The molecule has 5 nitrogen and oxygen atoms in total. The van der Waals surface area contributed by atoms with Gasteiger partial charge in [-0.15, -0.1) is 0 Å². The first-order valence-electron chi connectivity index (χ1n) is 9.92. The van der Waals surface area contributed by atoms with Gasteiger partial charge >= 0.3 is 0 Å². The van der Waals surface area contributed by atoms with Crippen molar-refractivity contribution in [2.75, 3.05) is 20.7 Å². The number of halogens is 1. The molecule has 0 N–H and O–H groups in total. The SMILES string of the molecule is Cc1c2ccoc2c(OCCCc2ccc(F)cc2)c2oc(CN(C)C)cc(=O)c12. The zero-order valence-corrected chi connectivity index (χ0v) is 17.3. The molecule has 0 bridgehead atoms. The fourth-order valence-corrected chi connectivity index (χ4v) is 3.70. The van der Waals surface area contributed by atoms with Gasteiger partial charge in [0, 0.05) is 11.5 Å². The summed E-state index contributed by atoms with van der Waals surface area (Å²) < 4.78 is 30.9. The van der Waals surface area contributed by atoms with Crippen LogP contribution in [0.15, 0.2) is 56.3 Å². The maximum Gasteiger partial charge on any atom is 0.206 e. The van der Waals surface area contributed by atoms with E-state index in [9.17, 15) is 9.18 Å². The van der Waals surface area contributed by atoms with Crippen molar-refractivity contribution >= 4 is 21.9 Å². The van der Waals surface area contributed by atoms with Crippen molar-refractivity contribution in [1.82, 2.24) is 4.90 Å². The molecular formula is C24H24FNO4. The summed E-state index contributed by atoms with van der Waals surface area (Å²) in [6, 6.07) is 9.83. The Morgan fingerprint density at radius 3 is 2.60 bits per heavy atom. The second kappa shape index (κ2) is 8.32. The fraction of sp³-hybridized carbons (Fsp3) is 0.292. The first kappa shape index (κ1) is 20.2. The van der Waals surface area contributed by atoms with Crippen LogP contribution in [0.1, 0.15) is 23.3 Å². The first-order valence-corrected chi connectivity index (χ1v) is 9.92. The number of fused-ring (bicyclic) bond motifs is 2. The van der Waals surface area contributed by atoms with Crippen LogP contribution in [0.2, 0.25) is 0 Å². The Bertz CT molecular complexity index is 1240.